The Labute approximate surface area is 136 Å². The van der Waals surface area contributed by atoms with Gasteiger partial charge in [0.15, 0.2) is 0 Å². The van der Waals surface area contributed by atoms with Crippen molar-refractivity contribution in [2.45, 2.75) is 51.2 Å². The van der Waals surface area contributed by atoms with Crippen LogP contribution in [0.15, 0.2) is 24.3 Å². The van der Waals surface area contributed by atoms with Gasteiger partial charge >= 0.3 is 7.12 Å². The van der Waals surface area contributed by atoms with Gasteiger partial charge in [0.25, 0.3) is 0 Å². The van der Waals surface area contributed by atoms with Gasteiger partial charge in [0.1, 0.15) is 0 Å². The van der Waals surface area contributed by atoms with Crippen molar-refractivity contribution >= 4 is 18.1 Å². The summed E-state index contributed by atoms with van der Waals surface area (Å²) >= 11 is 0. The second-order valence-corrected chi connectivity index (χ2v) is 8.68. The van der Waals surface area contributed by atoms with Gasteiger partial charge in [0, 0.05) is 0 Å². The molecule has 0 bridgehead atoms. The SMILES string of the molecule is Cc1ccccc1CC[C@H](NS(=O)C(C)(C)C)B1OCCO1. The fourth-order valence-electron chi connectivity index (χ4n) is 2.38. The molecule has 6 heteroatoms. The number of hydrogen-bond donors (Lipinski definition) is 1. The molecule has 1 aromatic carbocycles. The first-order valence-corrected chi connectivity index (χ1v) is 8.98. The Morgan fingerprint density at radius 2 is 1.91 bits per heavy atom. The molecule has 0 radical (unpaired) electrons. The molecule has 0 aromatic heterocycles. The van der Waals surface area contributed by atoms with Gasteiger partial charge in [0.2, 0.25) is 0 Å². The Kier molecular flexibility index (Phi) is 6.21. The van der Waals surface area contributed by atoms with Crippen LogP contribution in [-0.4, -0.2) is 35.2 Å². The van der Waals surface area contributed by atoms with Crippen LogP contribution in [-0.2, 0) is 26.7 Å². The molecule has 0 saturated carbocycles. The number of nitrogens with one attached hydrogen (secondary N) is 1. The predicted octanol–water partition coefficient (Wildman–Crippen LogP) is 2.42. The maximum Gasteiger partial charge on any atom is 0.476 e. The third kappa shape index (κ3) is 4.91. The third-order valence-electron chi connectivity index (χ3n) is 3.78. The Balaban J connectivity index is 2.01. The summed E-state index contributed by atoms with van der Waals surface area (Å²) < 4.78 is 26.6. The molecule has 1 heterocycles. The molecule has 0 spiro atoms. The van der Waals surface area contributed by atoms with Crippen molar-refractivity contribution in [2.24, 2.45) is 0 Å². The molecule has 2 rings (SSSR count). The number of hydrogen-bond acceptors (Lipinski definition) is 3. The first-order valence-electron chi connectivity index (χ1n) is 7.83. The highest BCUT2D eigenvalue weighted by atomic mass is 32.2. The van der Waals surface area contributed by atoms with E-state index in [0.717, 1.165) is 12.8 Å². The molecule has 1 saturated heterocycles. The van der Waals surface area contributed by atoms with Gasteiger partial charge in [-0.2, -0.15) is 0 Å². The van der Waals surface area contributed by atoms with Gasteiger partial charge in [-0.15, -0.1) is 0 Å². The molecule has 0 aliphatic carbocycles. The smallest absolute Gasteiger partial charge is 0.408 e. The molecule has 0 amide bonds. The Morgan fingerprint density at radius 3 is 2.50 bits per heavy atom. The highest BCUT2D eigenvalue weighted by Crippen LogP contribution is 2.17. The molecule has 1 aliphatic heterocycles. The van der Waals surface area contributed by atoms with Crippen LogP contribution in [0.5, 0.6) is 0 Å². The van der Waals surface area contributed by atoms with Crippen LogP contribution < -0.4 is 4.72 Å². The van der Waals surface area contributed by atoms with E-state index in [1.54, 1.807) is 0 Å². The van der Waals surface area contributed by atoms with Crippen LogP contribution in [0.4, 0.5) is 0 Å². The van der Waals surface area contributed by atoms with E-state index in [1.165, 1.54) is 11.1 Å². The Morgan fingerprint density at radius 1 is 1.27 bits per heavy atom. The fraction of sp³-hybridized carbons (Fsp3) is 0.625. The summed E-state index contributed by atoms with van der Waals surface area (Å²) in [6.07, 6.45) is 1.74. The zero-order chi connectivity index (χ0) is 16.2. The lowest BCUT2D eigenvalue weighted by Gasteiger charge is -2.25. The van der Waals surface area contributed by atoms with E-state index in [-0.39, 0.29) is 17.8 Å². The zero-order valence-corrected chi connectivity index (χ0v) is 14.7. The minimum atomic E-state index is -1.14. The highest BCUT2D eigenvalue weighted by Gasteiger charge is 2.36. The lowest BCUT2D eigenvalue weighted by Crippen LogP contribution is -2.49. The van der Waals surface area contributed by atoms with Gasteiger partial charge in [-0.25, -0.2) is 8.93 Å². The summed E-state index contributed by atoms with van der Waals surface area (Å²) in [6, 6.07) is 8.37. The van der Waals surface area contributed by atoms with Crippen molar-refractivity contribution in [2.75, 3.05) is 13.2 Å². The van der Waals surface area contributed by atoms with E-state index in [1.807, 2.05) is 26.8 Å². The second-order valence-electron chi connectivity index (χ2n) is 6.68. The van der Waals surface area contributed by atoms with Gasteiger partial charge < -0.3 is 9.31 Å². The van der Waals surface area contributed by atoms with Crippen molar-refractivity contribution in [1.29, 1.82) is 0 Å². The summed E-state index contributed by atoms with van der Waals surface area (Å²) in [4.78, 5) is 0. The lowest BCUT2D eigenvalue weighted by atomic mass is 9.76. The topological polar surface area (TPSA) is 47.6 Å². The van der Waals surface area contributed by atoms with Crippen molar-refractivity contribution in [3.8, 4) is 0 Å². The number of rotatable bonds is 6. The first-order chi connectivity index (χ1) is 10.4. The third-order valence-corrected chi connectivity index (χ3v) is 5.41. The Hall–Kier alpha value is -0.685. The van der Waals surface area contributed by atoms with Crippen molar-refractivity contribution in [3.05, 3.63) is 35.4 Å². The van der Waals surface area contributed by atoms with Gasteiger partial charge in [-0.05, 0) is 51.7 Å². The zero-order valence-electron chi connectivity index (χ0n) is 13.9. The molecule has 1 aromatic rings. The summed E-state index contributed by atoms with van der Waals surface area (Å²) in [5, 5.41) is 0. The van der Waals surface area contributed by atoms with Crippen LogP contribution >= 0.6 is 0 Å². The monoisotopic (exact) mass is 323 g/mol. The maximum atomic E-state index is 12.4. The average molecular weight is 323 g/mol. The van der Waals surface area contributed by atoms with Gasteiger partial charge in [-0.3, -0.25) is 0 Å². The molecular formula is C16H26BNO3S. The molecule has 22 heavy (non-hydrogen) atoms. The molecule has 1 N–H and O–H groups in total. The van der Waals surface area contributed by atoms with Crippen molar-refractivity contribution < 1.29 is 13.5 Å². The van der Waals surface area contributed by atoms with Crippen LogP contribution in [0.1, 0.15) is 38.3 Å². The van der Waals surface area contributed by atoms with E-state index < -0.39 is 11.0 Å². The summed E-state index contributed by atoms with van der Waals surface area (Å²) in [6.45, 7) is 9.22. The van der Waals surface area contributed by atoms with E-state index in [9.17, 15) is 4.21 Å². The normalized spacial score (nSPS) is 18.5. The molecule has 1 aliphatic rings. The molecular weight excluding hydrogens is 297 g/mol. The second kappa shape index (κ2) is 7.73. The molecule has 1 fully saturated rings. The lowest BCUT2D eigenvalue weighted by molar-refractivity contribution is 0.350. The van der Waals surface area contributed by atoms with E-state index in [2.05, 4.69) is 29.8 Å². The summed E-state index contributed by atoms with van der Waals surface area (Å²) in [5.41, 5.74) is 2.60. The summed E-state index contributed by atoms with van der Waals surface area (Å²) in [7, 11) is -1.45. The Bertz CT molecular complexity index is 512. The largest absolute Gasteiger partial charge is 0.476 e. The number of aryl methyl sites for hydroxylation is 2. The van der Waals surface area contributed by atoms with Crippen LogP contribution in [0.25, 0.3) is 0 Å². The van der Waals surface area contributed by atoms with Crippen molar-refractivity contribution in [1.82, 2.24) is 4.72 Å². The molecule has 1 unspecified atom stereocenters. The fourth-order valence-corrected chi connectivity index (χ4v) is 3.23. The minimum Gasteiger partial charge on any atom is -0.408 e. The van der Waals surface area contributed by atoms with Crippen molar-refractivity contribution in [3.63, 3.8) is 0 Å². The minimum absolute atomic E-state index is 0.0674. The van der Waals surface area contributed by atoms with E-state index in [4.69, 9.17) is 9.31 Å². The quantitative estimate of drug-likeness (QED) is 0.818. The van der Waals surface area contributed by atoms with Crippen LogP contribution in [0.2, 0.25) is 0 Å². The molecule has 122 valence electrons. The van der Waals surface area contributed by atoms with Crippen LogP contribution in [0, 0.1) is 6.92 Å². The van der Waals surface area contributed by atoms with Gasteiger partial charge in [0.05, 0.1) is 34.9 Å². The highest BCUT2D eigenvalue weighted by molar-refractivity contribution is 7.84. The molecule has 2 atom stereocenters. The predicted molar refractivity (Wildman–Crippen MR) is 92.0 cm³/mol. The van der Waals surface area contributed by atoms with Crippen LogP contribution in [0.3, 0.4) is 0 Å². The van der Waals surface area contributed by atoms with Gasteiger partial charge in [-0.1, -0.05) is 24.3 Å². The summed E-state index contributed by atoms with van der Waals surface area (Å²) in [5.74, 6) is -0.0674. The maximum absolute atomic E-state index is 12.4. The molecule has 4 nitrogen and oxygen atoms in total. The number of benzene rings is 1. The van der Waals surface area contributed by atoms with E-state index >= 15 is 0 Å². The average Bonchev–Trinajstić information content (AvgIpc) is 2.97. The standard InChI is InChI=1S/C16H26BNO3S/c1-13-7-5-6-8-14(13)9-10-15(17-20-11-12-21-17)18-22(19)16(2,3)4/h5-8,15,18H,9-12H2,1-4H3/t15-,22?/m0/s1. The van der Waals surface area contributed by atoms with E-state index in [0.29, 0.717) is 13.2 Å². The first kappa shape index (κ1) is 17.7.